The molecule has 0 radical (unpaired) electrons. The molecule has 0 atom stereocenters. The number of nitrogens with zero attached hydrogens (tertiary/aromatic N) is 2. The summed E-state index contributed by atoms with van der Waals surface area (Å²) in [5.41, 5.74) is -0.0751. The van der Waals surface area contributed by atoms with Crippen molar-refractivity contribution in [3.63, 3.8) is 0 Å². The van der Waals surface area contributed by atoms with Crippen molar-refractivity contribution in [1.29, 1.82) is 0 Å². The molecule has 2 rings (SSSR count). The van der Waals surface area contributed by atoms with E-state index in [9.17, 15) is 19.7 Å². The third kappa shape index (κ3) is 2.69. The highest BCUT2D eigenvalue weighted by molar-refractivity contribution is 5.88. The maximum absolute atomic E-state index is 12.2. The molecule has 0 aliphatic heterocycles. The lowest BCUT2D eigenvalue weighted by atomic mass is 10.1. The van der Waals surface area contributed by atoms with E-state index in [2.05, 4.69) is 0 Å². The maximum Gasteiger partial charge on any atom is 0.433 e. The Bertz CT molecular complexity index is 786. The fourth-order valence-corrected chi connectivity index (χ4v) is 2.09. The number of aromatic nitrogens is 1. The number of carbonyl (C=O) groups is 1. The number of rotatable bonds is 4. The van der Waals surface area contributed by atoms with E-state index in [4.69, 9.17) is 9.52 Å². The number of aryl methyl sites for hydroxylation is 2. The minimum atomic E-state index is -1.31. The van der Waals surface area contributed by atoms with Crippen molar-refractivity contribution >= 4 is 11.9 Å². The van der Waals surface area contributed by atoms with Gasteiger partial charge in [0.1, 0.15) is 16.2 Å². The first-order chi connectivity index (χ1) is 9.81. The molecule has 8 nitrogen and oxygen atoms in total. The lowest BCUT2D eigenvalue weighted by molar-refractivity contribution is -0.402. The molecular weight excluding hydrogens is 280 g/mol. The summed E-state index contributed by atoms with van der Waals surface area (Å²) in [7, 11) is 0. The molecular formula is C13H12N2O6. The number of furan rings is 1. The molecule has 0 aliphatic carbocycles. The molecule has 8 heteroatoms. The van der Waals surface area contributed by atoms with Crippen LogP contribution in [0, 0.1) is 24.0 Å². The summed E-state index contributed by atoms with van der Waals surface area (Å²) in [6.45, 7) is 3.12. The molecule has 0 fully saturated rings. The molecule has 0 spiro atoms. The van der Waals surface area contributed by atoms with Gasteiger partial charge in [-0.1, -0.05) is 0 Å². The average Bonchev–Trinajstić information content (AvgIpc) is 2.82. The maximum atomic E-state index is 12.2. The highest BCUT2D eigenvalue weighted by Crippen LogP contribution is 2.17. The molecule has 0 aliphatic rings. The summed E-state index contributed by atoms with van der Waals surface area (Å²) in [5, 5.41) is 19.6. The minimum absolute atomic E-state index is 0.0704. The predicted octanol–water partition coefficient (Wildman–Crippen LogP) is 1.71. The van der Waals surface area contributed by atoms with Crippen LogP contribution < -0.4 is 5.56 Å². The number of hydrogen-bond donors (Lipinski definition) is 1. The molecule has 0 amide bonds. The summed E-state index contributed by atoms with van der Waals surface area (Å²) in [6, 6.07) is 4.13. The molecule has 0 aromatic carbocycles. The molecule has 0 unspecified atom stereocenters. The van der Waals surface area contributed by atoms with E-state index in [0.717, 1.165) is 0 Å². The van der Waals surface area contributed by atoms with Crippen LogP contribution in [0.3, 0.4) is 0 Å². The van der Waals surface area contributed by atoms with Crippen LogP contribution in [0.4, 0.5) is 5.88 Å². The Hall–Kier alpha value is -2.90. The summed E-state index contributed by atoms with van der Waals surface area (Å²) in [4.78, 5) is 33.2. The van der Waals surface area contributed by atoms with Crippen molar-refractivity contribution in [2.75, 3.05) is 0 Å². The van der Waals surface area contributed by atoms with Gasteiger partial charge in [0.15, 0.2) is 0 Å². The van der Waals surface area contributed by atoms with E-state index >= 15 is 0 Å². The van der Waals surface area contributed by atoms with E-state index in [-0.39, 0.29) is 17.9 Å². The van der Waals surface area contributed by atoms with Crippen molar-refractivity contribution < 1.29 is 19.2 Å². The molecule has 110 valence electrons. The topological polar surface area (TPSA) is 116 Å². The quantitative estimate of drug-likeness (QED) is 0.677. The first-order valence-corrected chi connectivity index (χ1v) is 5.98. The Morgan fingerprint density at radius 1 is 1.43 bits per heavy atom. The summed E-state index contributed by atoms with van der Waals surface area (Å²) in [5.74, 6) is -1.54. The van der Waals surface area contributed by atoms with Crippen molar-refractivity contribution in [3.05, 3.63) is 61.2 Å². The van der Waals surface area contributed by atoms with Crippen molar-refractivity contribution in [1.82, 2.24) is 4.57 Å². The van der Waals surface area contributed by atoms with Crippen LogP contribution in [0.15, 0.2) is 27.4 Å². The van der Waals surface area contributed by atoms with E-state index in [0.29, 0.717) is 11.3 Å². The summed E-state index contributed by atoms with van der Waals surface area (Å²) in [6.07, 6.45) is 0. The Labute approximate surface area is 118 Å². The van der Waals surface area contributed by atoms with Gasteiger partial charge in [0.2, 0.25) is 0 Å². The molecule has 21 heavy (non-hydrogen) atoms. The van der Waals surface area contributed by atoms with Gasteiger partial charge in [0, 0.05) is 5.69 Å². The Balaban J connectivity index is 2.49. The second-order valence-electron chi connectivity index (χ2n) is 4.54. The fourth-order valence-electron chi connectivity index (χ4n) is 2.09. The van der Waals surface area contributed by atoms with Gasteiger partial charge < -0.3 is 14.1 Å². The monoisotopic (exact) mass is 292 g/mol. The van der Waals surface area contributed by atoms with Gasteiger partial charge in [-0.2, -0.15) is 0 Å². The lowest BCUT2D eigenvalue weighted by Gasteiger charge is -2.11. The Morgan fingerprint density at radius 3 is 2.62 bits per heavy atom. The van der Waals surface area contributed by atoms with Crippen LogP contribution in [0.25, 0.3) is 0 Å². The molecule has 0 bridgehead atoms. The van der Waals surface area contributed by atoms with Gasteiger partial charge in [-0.25, -0.2) is 4.79 Å². The number of pyridine rings is 1. The van der Waals surface area contributed by atoms with Gasteiger partial charge in [0.25, 0.3) is 5.56 Å². The fraction of sp³-hybridized carbons (Fsp3) is 0.231. The van der Waals surface area contributed by atoms with Crippen LogP contribution in [-0.2, 0) is 6.54 Å². The molecule has 2 aromatic rings. The molecule has 2 aromatic heterocycles. The second kappa shape index (κ2) is 5.23. The third-order valence-corrected chi connectivity index (χ3v) is 3.06. The van der Waals surface area contributed by atoms with Gasteiger partial charge >= 0.3 is 11.9 Å². The normalized spacial score (nSPS) is 10.6. The SMILES string of the molecule is Cc1cc(C)n(Cc2ccc([N+](=O)[O-])o2)c(=O)c1C(=O)O. The zero-order valence-corrected chi connectivity index (χ0v) is 11.3. The van der Waals surface area contributed by atoms with Crippen LogP contribution >= 0.6 is 0 Å². The minimum Gasteiger partial charge on any atom is -0.477 e. The van der Waals surface area contributed by atoms with E-state index in [1.54, 1.807) is 19.9 Å². The first-order valence-electron chi connectivity index (χ1n) is 5.98. The van der Waals surface area contributed by atoms with Crippen LogP contribution in [0.1, 0.15) is 27.4 Å². The summed E-state index contributed by atoms with van der Waals surface area (Å²) < 4.78 is 6.19. The average molecular weight is 292 g/mol. The number of nitro groups is 1. The van der Waals surface area contributed by atoms with Gasteiger partial charge in [-0.05, 0) is 31.5 Å². The lowest BCUT2D eigenvalue weighted by Crippen LogP contribution is -2.29. The zero-order chi connectivity index (χ0) is 15.7. The molecule has 2 heterocycles. The number of carboxylic acid groups (broad SMARTS) is 1. The van der Waals surface area contributed by atoms with E-state index < -0.39 is 22.3 Å². The first kappa shape index (κ1) is 14.5. The number of hydrogen-bond acceptors (Lipinski definition) is 5. The van der Waals surface area contributed by atoms with Gasteiger partial charge in [-0.15, -0.1) is 0 Å². The Kier molecular flexibility index (Phi) is 3.62. The van der Waals surface area contributed by atoms with Crippen molar-refractivity contribution in [2.24, 2.45) is 0 Å². The highest BCUT2D eigenvalue weighted by atomic mass is 16.6. The van der Waals surface area contributed by atoms with Crippen LogP contribution in [0.2, 0.25) is 0 Å². The smallest absolute Gasteiger partial charge is 0.433 e. The van der Waals surface area contributed by atoms with Crippen molar-refractivity contribution in [2.45, 2.75) is 20.4 Å². The third-order valence-electron chi connectivity index (χ3n) is 3.06. The van der Waals surface area contributed by atoms with Crippen LogP contribution in [0.5, 0.6) is 0 Å². The number of carboxylic acids is 1. The van der Waals surface area contributed by atoms with E-state index in [1.165, 1.54) is 16.7 Å². The zero-order valence-electron chi connectivity index (χ0n) is 11.3. The molecule has 0 saturated carbocycles. The van der Waals surface area contributed by atoms with Gasteiger partial charge in [0.05, 0.1) is 12.6 Å². The van der Waals surface area contributed by atoms with Crippen molar-refractivity contribution in [3.8, 4) is 0 Å². The number of aromatic carboxylic acids is 1. The predicted molar refractivity (Wildman–Crippen MR) is 71.6 cm³/mol. The van der Waals surface area contributed by atoms with E-state index in [1.807, 2.05) is 0 Å². The standard InChI is InChI=1S/C13H12N2O6/c1-7-5-8(2)14(12(16)11(7)13(17)18)6-9-3-4-10(21-9)15(19)20/h3-5H,6H2,1-2H3,(H,17,18). The second-order valence-corrected chi connectivity index (χ2v) is 4.54. The summed E-state index contributed by atoms with van der Waals surface area (Å²) >= 11 is 0. The largest absolute Gasteiger partial charge is 0.477 e. The Morgan fingerprint density at radius 2 is 2.10 bits per heavy atom. The van der Waals surface area contributed by atoms with Gasteiger partial charge in [-0.3, -0.25) is 14.9 Å². The molecule has 0 saturated heterocycles. The van der Waals surface area contributed by atoms with Crippen LogP contribution in [-0.4, -0.2) is 20.6 Å². The highest BCUT2D eigenvalue weighted by Gasteiger charge is 2.18. The molecule has 1 N–H and O–H groups in total.